The fraction of sp³-hybridized carbons (Fsp3) is 0.133. The number of anilines is 2. The Hall–Kier alpha value is -1.59. The monoisotopic (exact) mass is 347 g/mol. The van der Waals surface area contributed by atoms with Crippen molar-refractivity contribution in [2.45, 2.75) is 13.0 Å². The summed E-state index contributed by atoms with van der Waals surface area (Å²) >= 11 is 5.24. The first-order valence-corrected chi connectivity index (χ1v) is 7.96. The van der Waals surface area contributed by atoms with E-state index in [-0.39, 0.29) is 6.04 Å². The predicted molar refractivity (Wildman–Crippen MR) is 90.2 cm³/mol. The molecule has 0 spiro atoms. The minimum Gasteiger partial charge on any atom is -0.396 e. The van der Waals surface area contributed by atoms with Crippen molar-refractivity contribution in [1.29, 1.82) is 0 Å². The lowest BCUT2D eigenvalue weighted by Gasteiger charge is -2.17. The zero-order chi connectivity index (χ0) is 14.1. The van der Waals surface area contributed by atoms with Crippen LogP contribution in [0.2, 0.25) is 0 Å². The van der Waals surface area contributed by atoms with Crippen molar-refractivity contribution < 1.29 is 0 Å². The van der Waals surface area contributed by atoms with E-state index in [1.165, 1.54) is 4.88 Å². The number of nitrogens with one attached hydrogen (secondary N) is 1. The summed E-state index contributed by atoms with van der Waals surface area (Å²) < 4.78 is 1.02. The van der Waals surface area contributed by atoms with Crippen LogP contribution in [0, 0.1) is 0 Å². The van der Waals surface area contributed by atoms with Gasteiger partial charge in [-0.3, -0.25) is 4.98 Å². The van der Waals surface area contributed by atoms with Crippen LogP contribution in [-0.2, 0) is 0 Å². The molecule has 3 nitrogen and oxygen atoms in total. The quantitative estimate of drug-likeness (QED) is 0.714. The van der Waals surface area contributed by atoms with E-state index in [0.29, 0.717) is 5.69 Å². The number of nitrogen functional groups attached to an aromatic ring is 1. The van der Waals surface area contributed by atoms with E-state index >= 15 is 0 Å². The molecule has 3 N–H and O–H groups in total. The molecule has 3 aromatic rings. The van der Waals surface area contributed by atoms with Gasteiger partial charge in [0.05, 0.1) is 29.1 Å². The lowest BCUT2D eigenvalue weighted by molar-refractivity contribution is 0.910. The average Bonchev–Trinajstić information content (AvgIpc) is 2.96. The first-order valence-electron chi connectivity index (χ1n) is 6.29. The second-order valence-electron chi connectivity index (χ2n) is 4.63. The lowest BCUT2D eigenvalue weighted by atomic mass is 10.1. The fourth-order valence-electron chi connectivity index (χ4n) is 2.17. The zero-order valence-corrected chi connectivity index (χ0v) is 13.3. The summed E-state index contributed by atoms with van der Waals surface area (Å²) in [6, 6.07) is 10.4. The van der Waals surface area contributed by atoms with Gasteiger partial charge in [-0.1, -0.05) is 22.0 Å². The minimum atomic E-state index is 0.210. The van der Waals surface area contributed by atoms with Crippen LogP contribution in [0.5, 0.6) is 0 Å². The molecule has 0 saturated heterocycles. The van der Waals surface area contributed by atoms with Gasteiger partial charge in [0.25, 0.3) is 0 Å². The molecule has 2 aromatic heterocycles. The molecular formula is C15H14BrN3S. The molecule has 0 aliphatic rings. The van der Waals surface area contributed by atoms with Gasteiger partial charge in [-0.05, 0) is 36.6 Å². The van der Waals surface area contributed by atoms with E-state index in [9.17, 15) is 0 Å². The Labute approximate surface area is 130 Å². The zero-order valence-electron chi connectivity index (χ0n) is 10.9. The Balaban J connectivity index is 2.06. The topological polar surface area (TPSA) is 50.9 Å². The molecule has 0 fully saturated rings. The molecule has 3 rings (SSSR count). The summed E-state index contributed by atoms with van der Waals surface area (Å²) in [5.41, 5.74) is 8.64. The third kappa shape index (κ3) is 2.51. The molecular weight excluding hydrogens is 334 g/mol. The van der Waals surface area contributed by atoms with Crippen molar-refractivity contribution in [3.05, 3.63) is 51.3 Å². The van der Waals surface area contributed by atoms with Gasteiger partial charge in [0.2, 0.25) is 0 Å². The average molecular weight is 348 g/mol. The normalized spacial score (nSPS) is 12.5. The van der Waals surface area contributed by atoms with E-state index in [2.05, 4.69) is 50.7 Å². The Morgan fingerprint density at radius 2 is 2.20 bits per heavy atom. The van der Waals surface area contributed by atoms with Crippen LogP contribution >= 0.6 is 27.3 Å². The van der Waals surface area contributed by atoms with Crippen LogP contribution in [0.25, 0.3) is 10.9 Å². The lowest BCUT2D eigenvalue weighted by Crippen LogP contribution is -2.08. The highest BCUT2D eigenvalue weighted by Gasteiger charge is 2.12. The molecule has 102 valence electrons. The number of thiophene rings is 1. The van der Waals surface area contributed by atoms with Crippen LogP contribution in [0.4, 0.5) is 11.4 Å². The van der Waals surface area contributed by atoms with E-state index in [0.717, 1.165) is 21.1 Å². The first kappa shape index (κ1) is 13.4. The third-order valence-electron chi connectivity index (χ3n) is 3.19. The van der Waals surface area contributed by atoms with Crippen molar-refractivity contribution in [1.82, 2.24) is 4.98 Å². The number of rotatable bonds is 3. The molecule has 0 radical (unpaired) electrons. The molecule has 20 heavy (non-hydrogen) atoms. The van der Waals surface area contributed by atoms with E-state index in [1.807, 2.05) is 18.2 Å². The molecule has 0 bridgehead atoms. The number of halogens is 1. The smallest absolute Gasteiger partial charge is 0.0743 e. The van der Waals surface area contributed by atoms with Crippen LogP contribution in [0.3, 0.4) is 0 Å². The van der Waals surface area contributed by atoms with Gasteiger partial charge in [0.15, 0.2) is 0 Å². The molecule has 0 aliphatic carbocycles. The summed E-state index contributed by atoms with van der Waals surface area (Å²) in [6.45, 7) is 2.13. The summed E-state index contributed by atoms with van der Waals surface area (Å²) in [5, 5.41) is 6.62. The molecule has 1 unspecified atom stereocenters. The maximum absolute atomic E-state index is 6.10. The Bertz CT molecular complexity index is 735. The highest BCUT2D eigenvalue weighted by Crippen LogP contribution is 2.33. The second-order valence-corrected chi connectivity index (χ2v) is 6.53. The van der Waals surface area contributed by atoms with Gasteiger partial charge in [-0.25, -0.2) is 0 Å². The van der Waals surface area contributed by atoms with Gasteiger partial charge in [-0.15, -0.1) is 11.3 Å². The number of pyridine rings is 1. The number of nitrogens with two attached hydrogens (primary N) is 1. The molecule has 0 amide bonds. The molecule has 1 aromatic carbocycles. The minimum absolute atomic E-state index is 0.210. The largest absolute Gasteiger partial charge is 0.396 e. The van der Waals surface area contributed by atoms with Crippen molar-refractivity contribution in [2.75, 3.05) is 11.1 Å². The van der Waals surface area contributed by atoms with E-state index in [4.69, 9.17) is 5.73 Å². The van der Waals surface area contributed by atoms with E-state index < -0.39 is 0 Å². The van der Waals surface area contributed by atoms with Gasteiger partial charge in [-0.2, -0.15) is 0 Å². The molecule has 1 atom stereocenters. The van der Waals surface area contributed by atoms with Crippen molar-refractivity contribution in [2.24, 2.45) is 0 Å². The van der Waals surface area contributed by atoms with Gasteiger partial charge in [0.1, 0.15) is 0 Å². The van der Waals surface area contributed by atoms with Crippen LogP contribution in [0.15, 0.2) is 46.4 Å². The van der Waals surface area contributed by atoms with Crippen LogP contribution in [0.1, 0.15) is 17.8 Å². The molecule has 0 saturated carbocycles. The fourth-order valence-corrected chi connectivity index (χ4v) is 3.26. The number of aromatic nitrogens is 1. The maximum atomic E-state index is 6.10. The number of nitrogens with zero attached hydrogens (tertiary/aromatic N) is 1. The predicted octanol–water partition coefficient (Wildman–Crippen LogP) is 4.81. The number of benzene rings is 1. The first-order chi connectivity index (χ1) is 9.65. The molecule has 5 heteroatoms. The highest BCUT2D eigenvalue weighted by molar-refractivity contribution is 9.10. The van der Waals surface area contributed by atoms with E-state index in [1.54, 1.807) is 17.5 Å². The highest BCUT2D eigenvalue weighted by atomic mass is 79.9. The number of fused-ring (bicyclic) bond motifs is 1. The third-order valence-corrected chi connectivity index (χ3v) is 4.74. The standard InChI is InChI=1S/C15H14BrN3S/c1-9(14-3-2-6-20-14)19-15-11-7-10(16)4-5-13(11)18-8-12(15)17/h2-9H,17H2,1H3,(H,18,19). The summed E-state index contributed by atoms with van der Waals surface area (Å²) in [5.74, 6) is 0. The molecule has 2 heterocycles. The van der Waals surface area contributed by atoms with Crippen molar-refractivity contribution in [3.63, 3.8) is 0 Å². The van der Waals surface area contributed by atoms with Crippen LogP contribution < -0.4 is 11.1 Å². The molecule has 0 aliphatic heterocycles. The van der Waals surface area contributed by atoms with Crippen molar-refractivity contribution in [3.8, 4) is 0 Å². The maximum Gasteiger partial charge on any atom is 0.0743 e. The van der Waals surface area contributed by atoms with Gasteiger partial charge < -0.3 is 11.1 Å². The van der Waals surface area contributed by atoms with Crippen molar-refractivity contribution >= 4 is 49.5 Å². The summed E-state index contributed by atoms with van der Waals surface area (Å²) in [6.07, 6.45) is 1.71. The summed E-state index contributed by atoms with van der Waals surface area (Å²) in [7, 11) is 0. The Morgan fingerprint density at radius 3 is 2.95 bits per heavy atom. The number of hydrogen-bond donors (Lipinski definition) is 2. The number of hydrogen-bond acceptors (Lipinski definition) is 4. The van der Waals surface area contributed by atoms with Gasteiger partial charge in [0, 0.05) is 14.7 Å². The van der Waals surface area contributed by atoms with Crippen LogP contribution in [-0.4, -0.2) is 4.98 Å². The van der Waals surface area contributed by atoms with Gasteiger partial charge >= 0.3 is 0 Å². The SMILES string of the molecule is CC(Nc1c(N)cnc2ccc(Br)cc12)c1cccs1. The Morgan fingerprint density at radius 1 is 1.35 bits per heavy atom. The second kappa shape index (κ2) is 5.42. The Kier molecular flexibility index (Phi) is 3.63. The summed E-state index contributed by atoms with van der Waals surface area (Å²) in [4.78, 5) is 5.65.